The summed E-state index contributed by atoms with van der Waals surface area (Å²) in [4.78, 5) is 3.96. The number of aliphatic hydroxyl groups is 1. The third kappa shape index (κ3) is 3.24. The van der Waals surface area contributed by atoms with Gasteiger partial charge >= 0.3 is 0 Å². The normalized spacial score (nSPS) is 20.8. The first-order valence-corrected chi connectivity index (χ1v) is 9.21. The molecule has 1 aromatic heterocycles. The molecule has 0 spiro atoms. The van der Waals surface area contributed by atoms with Crippen molar-refractivity contribution in [3.63, 3.8) is 0 Å². The van der Waals surface area contributed by atoms with Crippen LogP contribution < -0.4 is 5.01 Å². The SMILES string of the molecule is CS(=O)(=O)c1ccc(N2N=C(C(F)F)CC2(O)c2ccccc2)nc1. The molecule has 0 saturated carbocycles. The Hall–Kier alpha value is -2.39. The Morgan fingerprint density at radius 2 is 1.88 bits per heavy atom. The fourth-order valence-corrected chi connectivity index (χ4v) is 3.14. The highest BCUT2D eigenvalue weighted by Gasteiger charge is 2.46. The smallest absolute Gasteiger partial charge is 0.278 e. The van der Waals surface area contributed by atoms with Gasteiger partial charge in [-0.15, -0.1) is 0 Å². The molecule has 9 heteroatoms. The molecule has 132 valence electrons. The maximum atomic E-state index is 13.1. The molecule has 0 amide bonds. The zero-order valence-electron chi connectivity index (χ0n) is 13.2. The molecule has 0 radical (unpaired) electrons. The maximum Gasteiger partial charge on any atom is 0.278 e. The Bertz CT molecular complexity index is 902. The van der Waals surface area contributed by atoms with Crippen molar-refractivity contribution in [1.82, 2.24) is 4.98 Å². The van der Waals surface area contributed by atoms with E-state index in [9.17, 15) is 22.3 Å². The quantitative estimate of drug-likeness (QED) is 0.895. The van der Waals surface area contributed by atoms with E-state index in [1.165, 1.54) is 12.1 Å². The van der Waals surface area contributed by atoms with Crippen LogP contribution in [0, 0.1) is 0 Å². The van der Waals surface area contributed by atoms with Crippen molar-refractivity contribution in [2.24, 2.45) is 5.10 Å². The van der Waals surface area contributed by atoms with Crippen molar-refractivity contribution in [2.45, 2.75) is 23.5 Å². The van der Waals surface area contributed by atoms with Gasteiger partial charge in [0.05, 0.1) is 4.90 Å². The van der Waals surface area contributed by atoms with Crippen molar-refractivity contribution in [1.29, 1.82) is 0 Å². The van der Waals surface area contributed by atoms with Gasteiger partial charge in [-0.05, 0) is 12.1 Å². The number of hydrogen-bond acceptors (Lipinski definition) is 6. The van der Waals surface area contributed by atoms with Gasteiger partial charge in [-0.2, -0.15) is 5.10 Å². The summed E-state index contributed by atoms with van der Waals surface area (Å²) in [6.07, 6.45) is -1.07. The van der Waals surface area contributed by atoms with Crippen molar-refractivity contribution in [3.05, 3.63) is 54.2 Å². The van der Waals surface area contributed by atoms with Gasteiger partial charge in [0.2, 0.25) is 0 Å². The minimum atomic E-state index is -3.45. The molecule has 1 atom stereocenters. The molecule has 1 N–H and O–H groups in total. The van der Waals surface area contributed by atoms with E-state index in [4.69, 9.17) is 0 Å². The largest absolute Gasteiger partial charge is 0.365 e. The maximum absolute atomic E-state index is 13.1. The van der Waals surface area contributed by atoms with Gasteiger partial charge in [-0.1, -0.05) is 30.3 Å². The number of hydrogen-bond donors (Lipinski definition) is 1. The molecule has 1 aliphatic heterocycles. The number of hydrazone groups is 1. The van der Waals surface area contributed by atoms with Crippen LogP contribution in [-0.2, 0) is 15.6 Å². The summed E-state index contributed by atoms with van der Waals surface area (Å²) in [5.74, 6) is 0.0643. The fourth-order valence-electron chi connectivity index (χ4n) is 2.58. The van der Waals surface area contributed by atoms with Crippen LogP contribution >= 0.6 is 0 Å². The van der Waals surface area contributed by atoms with Crippen LogP contribution in [0.25, 0.3) is 0 Å². The lowest BCUT2D eigenvalue weighted by Crippen LogP contribution is -2.40. The number of pyridine rings is 1. The number of sulfone groups is 1. The number of aromatic nitrogens is 1. The monoisotopic (exact) mass is 367 g/mol. The molecule has 0 fully saturated rings. The Morgan fingerprint density at radius 1 is 1.20 bits per heavy atom. The fraction of sp³-hybridized carbons (Fsp3) is 0.250. The second-order valence-electron chi connectivity index (χ2n) is 5.69. The average Bonchev–Trinajstić information content (AvgIpc) is 2.94. The van der Waals surface area contributed by atoms with E-state index in [2.05, 4.69) is 10.1 Å². The van der Waals surface area contributed by atoms with E-state index >= 15 is 0 Å². The second kappa shape index (κ2) is 6.16. The van der Waals surface area contributed by atoms with Crippen molar-refractivity contribution in [3.8, 4) is 0 Å². The number of benzene rings is 1. The van der Waals surface area contributed by atoms with Gasteiger partial charge in [0.25, 0.3) is 6.43 Å². The Balaban J connectivity index is 2.06. The van der Waals surface area contributed by atoms with Gasteiger partial charge in [-0.3, -0.25) is 0 Å². The van der Waals surface area contributed by atoms with E-state index in [-0.39, 0.29) is 17.1 Å². The molecule has 2 heterocycles. The van der Waals surface area contributed by atoms with Crippen LogP contribution in [-0.4, -0.2) is 36.9 Å². The number of anilines is 1. The van der Waals surface area contributed by atoms with Crippen LogP contribution in [0.3, 0.4) is 0 Å². The van der Waals surface area contributed by atoms with Gasteiger partial charge in [0.15, 0.2) is 21.4 Å². The number of halogens is 2. The second-order valence-corrected chi connectivity index (χ2v) is 7.70. The topological polar surface area (TPSA) is 82.9 Å². The summed E-state index contributed by atoms with van der Waals surface area (Å²) in [5, 5.41) is 15.9. The molecule has 6 nitrogen and oxygen atoms in total. The van der Waals surface area contributed by atoms with Crippen LogP contribution in [0.1, 0.15) is 12.0 Å². The summed E-state index contributed by atoms with van der Waals surface area (Å²) < 4.78 is 49.3. The van der Waals surface area contributed by atoms with E-state index in [0.29, 0.717) is 5.56 Å². The molecule has 1 aromatic carbocycles. The molecule has 1 aliphatic rings. The number of nitrogens with zero attached hydrogens (tertiary/aromatic N) is 3. The minimum absolute atomic E-state index is 0.0169. The van der Waals surface area contributed by atoms with Crippen molar-refractivity contribution >= 4 is 21.4 Å². The van der Waals surface area contributed by atoms with Crippen LogP contribution in [0.15, 0.2) is 58.7 Å². The van der Waals surface area contributed by atoms with Crippen LogP contribution in [0.5, 0.6) is 0 Å². The molecule has 0 bridgehead atoms. The number of alkyl halides is 2. The van der Waals surface area contributed by atoms with Gasteiger partial charge in [-0.25, -0.2) is 27.2 Å². The van der Waals surface area contributed by atoms with Crippen molar-refractivity contribution in [2.75, 3.05) is 11.3 Å². The lowest BCUT2D eigenvalue weighted by molar-refractivity contribution is 0.0470. The van der Waals surface area contributed by atoms with Gasteiger partial charge in [0.1, 0.15) is 5.71 Å². The van der Waals surface area contributed by atoms with Crippen molar-refractivity contribution < 1.29 is 22.3 Å². The zero-order chi connectivity index (χ0) is 18.2. The van der Waals surface area contributed by atoms with Crippen LogP contribution in [0.2, 0.25) is 0 Å². The van der Waals surface area contributed by atoms with E-state index in [0.717, 1.165) is 17.5 Å². The molecule has 0 aliphatic carbocycles. The summed E-state index contributed by atoms with van der Waals surface area (Å²) in [6, 6.07) is 10.9. The third-order valence-corrected chi connectivity index (χ3v) is 4.96. The zero-order valence-corrected chi connectivity index (χ0v) is 14.0. The van der Waals surface area contributed by atoms with E-state index < -0.39 is 27.7 Å². The lowest BCUT2D eigenvalue weighted by Gasteiger charge is -2.32. The molecular weight excluding hydrogens is 352 g/mol. The highest BCUT2D eigenvalue weighted by Crippen LogP contribution is 2.39. The molecule has 2 aromatic rings. The standard InChI is InChI=1S/C16H15F2N3O3S/c1-25(23,24)12-7-8-14(19-10-12)21-16(22,9-13(20-21)15(17)18)11-5-3-2-4-6-11/h2-8,10,15,22H,9H2,1H3. The van der Waals surface area contributed by atoms with Gasteiger partial charge < -0.3 is 5.11 Å². The third-order valence-electron chi connectivity index (χ3n) is 3.86. The highest BCUT2D eigenvalue weighted by atomic mass is 32.2. The lowest BCUT2D eigenvalue weighted by atomic mass is 9.97. The first-order chi connectivity index (χ1) is 11.7. The average molecular weight is 367 g/mol. The summed E-state index contributed by atoms with van der Waals surface area (Å²) in [7, 11) is -3.45. The first-order valence-electron chi connectivity index (χ1n) is 7.31. The predicted octanol–water partition coefficient (Wildman–Crippen LogP) is 2.16. The number of rotatable bonds is 4. The molecular formula is C16H15F2N3O3S. The molecule has 1 unspecified atom stereocenters. The molecule has 3 rings (SSSR count). The van der Waals surface area contributed by atoms with Crippen LogP contribution in [0.4, 0.5) is 14.6 Å². The Labute approximate surface area is 143 Å². The minimum Gasteiger partial charge on any atom is -0.365 e. The molecule has 25 heavy (non-hydrogen) atoms. The Morgan fingerprint density at radius 3 is 2.40 bits per heavy atom. The summed E-state index contributed by atoms with van der Waals surface area (Å²) in [6.45, 7) is 0. The first kappa shape index (κ1) is 17.4. The van der Waals surface area contributed by atoms with E-state index in [1.807, 2.05) is 0 Å². The predicted molar refractivity (Wildman–Crippen MR) is 88.2 cm³/mol. The Kier molecular flexibility index (Phi) is 4.29. The highest BCUT2D eigenvalue weighted by molar-refractivity contribution is 7.90. The molecule has 0 saturated heterocycles. The summed E-state index contributed by atoms with van der Waals surface area (Å²) >= 11 is 0. The van der Waals surface area contributed by atoms with E-state index in [1.54, 1.807) is 30.3 Å². The van der Waals surface area contributed by atoms with Gasteiger partial charge in [0, 0.05) is 24.4 Å². The summed E-state index contributed by atoms with van der Waals surface area (Å²) in [5.41, 5.74) is -1.92.